The second-order valence-electron chi connectivity index (χ2n) is 8.62. The van der Waals surface area contributed by atoms with E-state index < -0.39 is 0 Å². The Bertz CT molecular complexity index is 1030. The highest BCUT2D eigenvalue weighted by Crippen LogP contribution is 2.34. The number of amides is 3. The third kappa shape index (κ3) is 5.68. The van der Waals surface area contributed by atoms with Crippen molar-refractivity contribution in [3.63, 3.8) is 0 Å². The number of likely N-dealkylation sites (tertiary alicyclic amines) is 1. The number of benzene rings is 2. The third-order valence-corrected chi connectivity index (χ3v) is 6.28. The summed E-state index contributed by atoms with van der Waals surface area (Å²) in [6, 6.07) is 14.7. The van der Waals surface area contributed by atoms with E-state index in [0.717, 1.165) is 30.7 Å². The zero-order valence-electron chi connectivity index (χ0n) is 19.5. The van der Waals surface area contributed by atoms with Crippen molar-refractivity contribution < 1.29 is 23.9 Å². The molecular weight excluding hydrogens is 434 g/mol. The fourth-order valence-corrected chi connectivity index (χ4v) is 4.47. The van der Waals surface area contributed by atoms with Gasteiger partial charge in [0.25, 0.3) is 0 Å². The van der Waals surface area contributed by atoms with Gasteiger partial charge in [-0.2, -0.15) is 0 Å². The number of hydrogen-bond acceptors (Lipinski definition) is 5. The van der Waals surface area contributed by atoms with E-state index >= 15 is 0 Å². The molecule has 0 bridgehead atoms. The van der Waals surface area contributed by atoms with Crippen molar-refractivity contribution in [1.29, 1.82) is 0 Å². The second-order valence-corrected chi connectivity index (χ2v) is 8.62. The van der Waals surface area contributed by atoms with Crippen LogP contribution in [0.15, 0.2) is 48.5 Å². The van der Waals surface area contributed by atoms with E-state index in [2.05, 4.69) is 5.32 Å². The maximum absolute atomic E-state index is 12.9. The molecule has 0 aromatic heterocycles. The maximum Gasteiger partial charge on any atom is 0.229 e. The molecule has 0 spiro atoms. The summed E-state index contributed by atoms with van der Waals surface area (Å²) in [7, 11) is 1.55. The average Bonchev–Trinajstić information content (AvgIpc) is 3.30. The number of rotatable bonds is 8. The van der Waals surface area contributed by atoms with Crippen molar-refractivity contribution in [3.8, 4) is 11.5 Å². The fourth-order valence-electron chi connectivity index (χ4n) is 4.47. The standard InChI is InChI=1S/C26H31N3O5/c1-33-23-17-20(11-12-22(23)29-15-6-10-25(29)31)27-26(32)19-7-5-14-28(18-19)24(30)13-16-34-21-8-3-2-4-9-21/h2-4,8-9,11-12,17,19H,5-7,10,13-16,18H2,1H3,(H,27,32). The van der Waals surface area contributed by atoms with Gasteiger partial charge in [0.15, 0.2) is 0 Å². The topological polar surface area (TPSA) is 88.2 Å². The van der Waals surface area contributed by atoms with E-state index in [0.29, 0.717) is 44.1 Å². The fraction of sp³-hybridized carbons (Fsp3) is 0.423. The van der Waals surface area contributed by atoms with Crippen LogP contribution < -0.4 is 19.7 Å². The van der Waals surface area contributed by atoms with Crippen molar-refractivity contribution >= 4 is 29.1 Å². The number of carbonyl (C=O) groups excluding carboxylic acids is 3. The summed E-state index contributed by atoms with van der Waals surface area (Å²) < 4.78 is 11.1. The number of ether oxygens (including phenoxy) is 2. The molecular formula is C26H31N3O5. The molecule has 2 aromatic carbocycles. The Morgan fingerprint density at radius 1 is 1.09 bits per heavy atom. The predicted molar refractivity (Wildman–Crippen MR) is 129 cm³/mol. The molecule has 2 aliphatic rings. The first-order valence-electron chi connectivity index (χ1n) is 11.8. The Morgan fingerprint density at radius 3 is 2.65 bits per heavy atom. The minimum atomic E-state index is -0.279. The average molecular weight is 466 g/mol. The molecule has 0 radical (unpaired) electrons. The van der Waals surface area contributed by atoms with Crippen LogP contribution in [-0.2, 0) is 14.4 Å². The number of anilines is 2. The molecule has 180 valence electrons. The Balaban J connectivity index is 1.31. The molecule has 3 amide bonds. The zero-order chi connectivity index (χ0) is 23.9. The second kappa shape index (κ2) is 11.0. The quantitative estimate of drug-likeness (QED) is 0.645. The lowest BCUT2D eigenvalue weighted by molar-refractivity contribution is -0.135. The van der Waals surface area contributed by atoms with E-state index in [1.54, 1.807) is 35.1 Å². The number of para-hydroxylation sites is 1. The summed E-state index contributed by atoms with van der Waals surface area (Å²) >= 11 is 0. The van der Waals surface area contributed by atoms with Crippen molar-refractivity contribution in [3.05, 3.63) is 48.5 Å². The first-order chi connectivity index (χ1) is 16.5. The van der Waals surface area contributed by atoms with Crippen LogP contribution in [0.2, 0.25) is 0 Å². The van der Waals surface area contributed by atoms with Crippen molar-refractivity contribution in [2.45, 2.75) is 32.1 Å². The normalized spacial score (nSPS) is 18.0. The number of piperidine rings is 1. The minimum absolute atomic E-state index is 0.00488. The minimum Gasteiger partial charge on any atom is -0.494 e. The molecule has 2 saturated heterocycles. The van der Waals surface area contributed by atoms with Gasteiger partial charge in [-0.25, -0.2) is 0 Å². The summed E-state index contributed by atoms with van der Waals surface area (Å²) in [6.45, 7) is 2.03. The molecule has 1 unspecified atom stereocenters. The number of carbonyl (C=O) groups is 3. The number of nitrogens with zero attached hydrogens (tertiary/aromatic N) is 2. The number of nitrogens with one attached hydrogen (secondary N) is 1. The molecule has 8 heteroatoms. The predicted octanol–water partition coefficient (Wildman–Crippen LogP) is 3.47. The third-order valence-electron chi connectivity index (χ3n) is 6.28. The lowest BCUT2D eigenvalue weighted by Gasteiger charge is -2.32. The van der Waals surface area contributed by atoms with E-state index in [-0.39, 0.29) is 30.1 Å². The van der Waals surface area contributed by atoms with Crippen LogP contribution in [-0.4, -0.2) is 56.0 Å². The van der Waals surface area contributed by atoms with Gasteiger partial charge in [0.2, 0.25) is 17.7 Å². The first kappa shape index (κ1) is 23.6. The molecule has 0 aliphatic carbocycles. The van der Waals surface area contributed by atoms with Crippen molar-refractivity contribution in [2.75, 3.05) is 43.6 Å². The highest BCUT2D eigenvalue weighted by molar-refractivity contribution is 5.98. The van der Waals surface area contributed by atoms with Crippen LogP contribution in [0, 0.1) is 5.92 Å². The molecule has 8 nitrogen and oxygen atoms in total. The summed E-state index contributed by atoms with van der Waals surface area (Å²) in [6.07, 6.45) is 3.15. The van der Waals surface area contributed by atoms with Crippen LogP contribution >= 0.6 is 0 Å². The zero-order valence-corrected chi connectivity index (χ0v) is 19.5. The van der Waals surface area contributed by atoms with Gasteiger partial charge in [-0.15, -0.1) is 0 Å². The number of hydrogen-bond donors (Lipinski definition) is 1. The lowest BCUT2D eigenvalue weighted by Crippen LogP contribution is -2.44. The lowest BCUT2D eigenvalue weighted by atomic mass is 9.96. The maximum atomic E-state index is 12.9. The van der Waals surface area contributed by atoms with Crippen LogP contribution in [0.3, 0.4) is 0 Å². The molecule has 1 N–H and O–H groups in total. The van der Waals surface area contributed by atoms with E-state index in [4.69, 9.17) is 9.47 Å². The van der Waals surface area contributed by atoms with Gasteiger partial charge in [-0.3, -0.25) is 14.4 Å². The smallest absolute Gasteiger partial charge is 0.229 e. The highest BCUT2D eigenvalue weighted by Gasteiger charge is 2.29. The van der Waals surface area contributed by atoms with Crippen LogP contribution in [0.4, 0.5) is 11.4 Å². The van der Waals surface area contributed by atoms with Gasteiger partial charge in [0.1, 0.15) is 11.5 Å². The van der Waals surface area contributed by atoms with E-state index in [1.807, 2.05) is 30.3 Å². The monoisotopic (exact) mass is 465 g/mol. The van der Waals surface area contributed by atoms with Crippen LogP contribution in [0.1, 0.15) is 32.1 Å². The SMILES string of the molecule is COc1cc(NC(=O)C2CCCN(C(=O)CCOc3ccccc3)C2)ccc1N1CCCC1=O. The molecule has 2 fully saturated rings. The van der Waals surface area contributed by atoms with Crippen LogP contribution in [0.25, 0.3) is 0 Å². The molecule has 0 saturated carbocycles. The van der Waals surface area contributed by atoms with Gasteiger partial charge in [0.05, 0.1) is 31.7 Å². The molecule has 2 heterocycles. The molecule has 2 aromatic rings. The van der Waals surface area contributed by atoms with Gasteiger partial charge >= 0.3 is 0 Å². The molecule has 4 rings (SSSR count). The van der Waals surface area contributed by atoms with Crippen molar-refractivity contribution in [1.82, 2.24) is 4.90 Å². The Labute approximate surface area is 199 Å². The van der Waals surface area contributed by atoms with Gasteiger partial charge in [-0.05, 0) is 43.5 Å². The first-order valence-corrected chi connectivity index (χ1v) is 11.8. The van der Waals surface area contributed by atoms with Gasteiger partial charge in [-0.1, -0.05) is 18.2 Å². The van der Waals surface area contributed by atoms with E-state index in [1.165, 1.54) is 0 Å². The van der Waals surface area contributed by atoms with E-state index in [9.17, 15) is 14.4 Å². The Morgan fingerprint density at radius 2 is 1.91 bits per heavy atom. The highest BCUT2D eigenvalue weighted by atomic mass is 16.5. The largest absolute Gasteiger partial charge is 0.494 e. The van der Waals surface area contributed by atoms with Gasteiger partial charge < -0.3 is 24.6 Å². The molecule has 1 atom stereocenters. The summed E-state index contributed by atoms with van der Waals surface area (Å²) in [4.78, 5) is 41.2. The summed E-state index contributed by atoms with van der Waals surface area (Å²) in [5.74, 6) is 0.961. The van der Waals surface area contributed by atoms with Crippen molar-refractivity contribution in [2.24, 2.45) is 5.92 Å². The summed E-state index contributed by atoms with van der Waals surface area (Å²) in [5.41, 5.74) is 1.33. The van der Waals surface area contributed by atoms with Gasteiger partial charge in [0, 0.05) is 37.8 Å². The molecule has 2 aliphatic heterocycles. The Hall–Kier alpha value is -3.55. The van der Waals surface area contributed by atoms with Crippen LogP contribution in [0.5, 0.6) is 11.5 Å². The summed E-state index contributed by atoms with van der Waals surface area (Å²) in [5, 5.41) is 2.95. The number of methoxy groups -OCH3 is 1. The molecule has 34 heavy (non-hydrogen) atoms. The Kier molecular flexibility index (Phi) is 7.67.